The molecule has 1 atom stereocenters. The van der Waals surface area contributed by atoms with Crippen LogP contribution in [-0.4, -0.2) is 37.5 Å². The largest absolute Gasteiger partial charge is 0.354 e. The van der Waals surface area contributed by atoms with Gasteiger partial charge in [-0.2, -0.15) is 0 Å². The number of hydrogen-bond acceptors (Lipinski definition) is 3. The first-order valence-electron chi connectivity index (χ1n) is 6.25. The minimum absolute atomic E-state index is 0.137. The highest BCUT2D eigenvalue weighted by atomic mass is 16.2. The molecule has 0 saturated heterocycles. The van der Waals surface area contributed by atoms with Crippen molar-refractivity contribution in [2.75, 3.05) is 19.6 Å². The van der Waals surface area contributed by atoms with E-state index in [1.165, 1.54) is 0 Å². The van der Waals surface area contributed by atoms with Gasteiger partial charge in [-0.25, -0.2) is 0 Å². The summed E-state index contributed by atoms with van der Waals surface area (Å²) in [6.07, 6.45) is 0.984. The predicted octanol–water partition coefficient (Wildman–Crippen LogP) is 0.263. The van der Waals surface area contributed by atoms with E-state index in [0.29, 0.717) is 12.5 Å². The van der Waals surface area contributed by atoms with Gasteiger partial charge in [0.25, 0.3) is 0 Å². The highest BCUT2D eigenvalue weighted by molar-refractivity contribution is 5.87. The van der Waals surface area contributed by atoms with E-state index in [4.69, 9.17) is 0 Å². The monoisotopic (exact) mass is 243 g/mol. The van der Waals surface area contributed by atoms with Crippen LogP contribution in [0.5, 0.6) is 0 Å². The Balaban J connectivity index is 3.78. The second-order valence-corrected chi connectivity index (χ2v) is 4.60. The Labute approximate surface area is 104 Å². The van der Waals surface area contributed by atoms with Crippen LogP contribution < -0.4 is 16.0 Å². The first-order chi connectivity index (χ1) is 7.97. The summed E-state index contributed by atoms with van der Waals surface area (Å²) >= 11 is 0. The second-order valence-electron chi connectivity index (χ2n) is 4.60. The predicted molar refractivity (Wildman–Crippen MR) is 68.6 cm³/mol. The molecule has 0 aliphatic heterocycles. The third kappa shape index (κ3) is 8.68. The van der Waals surface area contributed by atoms with Crippen LogP contribution >= 0.6 is 0 Å². The van der Waals surface area contributed by atoms with Gasteiger partial charge in [0.2, 0.25) is 11.8 Å². The van der Waals surface area contributed by atoms with Gasteiger partial charge in [0, 0.05) is 6.54 Å². The summed E-state index contributed by atoms with van der Waals surface area (Å²) in [5.74, 6) is 0.126. The van der Waals surface area contributed by atoms with Gasteiger partial charge >= 0.3 is 0 Å². The molecule has 100 valence electrons. The second kappa shape index (κ2) is 8.98. The van der Waals surface area contributed by atoms with Crippen LogP contribution in [0.25, 0.3) is 0 Å². The number of nitrogens with one attached hydrogen (secondary N) is 3. The van der Waals surface area contributed by atoms with Crippen molar-refractivity contribution in [3.63, 3.8) is 0 Å². The highest BCUT2D eigenvalue weighted by Gasteiger charge is 2.14. The molecule has 5 nitrogen and oxygen atoms in total. The topological polar surface area (TPSA) is 70.2 Å². The van der Waals surface area contributed by atoms with Crippen molar-refractivity contribution in [2.24, 2.45) is 5.92 Å². The molecule has 0 aromatic heterocycles. The lowest BCUT2D eigenvalue weighted by atomic mass is 10.2. The zero-order valence-corrected chi connectivity index (χ0v) is 11.3. The molecule has 0 spiro atoms. The van der Waals surface area contributed by atoms with Gasteiger partial charge in [-0.3, -0.25) is 9.59 Å². The van der Waals surface area contributed by atoms with E-state index in [2.05, 4.69) is 16.0 Å². The molecular weight excluding hydrogens is 218 g/mol. The summed E-state index contributed by atoms with van der Waals surface area (Å²) in [5, 5.41) is 8.41. The fraction of sp³-hybridized carbons (Fsp3) is 0.833. The average Bonchev–Trinajstić information content (AvgIpc) is 2.26. The van der Waals surface area contributed by atoms with Gasteiger partial charge in [-0.1, -0.05) is 20.8 Å². The molecule has 0 aromatic rings. The van der Waals surface area contributed by atoms with E-state index < -0.39 is 6.04 Å². The van der Waals surface area contributed by atoms with Crippen LogP contribution in [0.4, 0.5) is 0 Å². The highest BCUT2D eigenvalue weighted by Crippen LogP contribution is 1.89. The number of hydrogen-bond donors (Lipinski definition) is 3. The van der Waals surface area contributed by atoms with E-state index in [1.807, 2.05) is 20.8 Å². The van der Waals surface area contributed by atoms with Gasteiger partial charge < -0.3 is 16.0 Å². The first-order valence-corrected chi connectivity index (χ1v) is 6.25. The number of carbonyl (C=O) groups is 2. The molecular formula is C12H25N3O2. The summed E-state index contributed by atoms with van der Waals surface area (Å²) in [7, 11) is 0. The molecule has 0 saturated carbocycles. The fourth-order valence-electron chi connectivity index (χ4n) is 1.19. The van der Waals surface area contributed by atoms with Crippen LogP contribution in [0.1, 0.15) is 34.1 Å². The van der Waals surface area contributed by atoms with Crippen molar-refractivity contribution < 1.29 is 9.59 Å². The standard InChI is InChI=1S/C12H25N3O2/c1-5-6-13-8-11(16)15-10(4)12(17)14-7-9(2)3/h9-10,13H,5-8H2,1-4H3,(H,14,17)(H,15,16). The maximum absolute atomic E-state index is 11.6. The molecule has 5 heteroatoms. The molecule has 0 radical (unpaired) electrons. The van der Waals surface area contributed by atoms with Crippen molar-refractivity contribution in [1.82, 2.24) is 16.0 Å². The Hall–Kier alpha value is -1.10. The van der Waals surface area contributed by atoms with Crippen LogP contribution in [0, 0.1) is 5.92 Å². The SMILES string of the molecule is CCCNCC(=O)NC(C)C(=O)NCC(C)C. The minimum Gasteiger partial charge on any atom is -0.354 e. The third-order valence-electron chi connectivity index (χ3n) is 2.17. The number of carbonyl (C=O) groups excluding carboxylic acids is 2. The first kappa shape index (κ1) is 15.9. The lowest BCUT2D eigenvalue weighted by molar-refractivity contribution is -0.128. The number of amides is 2. The fourth-order valence-corrected chi connectivity index (χ4v) is 1.19. The van der Waals surface area contributed by atoms with Gasteiger partial charge in [0.05, 0.1) is 6.54 Å². The molecule has 0 fully saturated rings. The quantitative estimate of drug-likeness (QED) is 0.536. The summed E-state index contributed by atoms with van der Waals surface area (Å²) in [6, 6.07) is -0.482. The molecule has 0 bridgehead atoms. The molecule has 0 aliphatic rings. The molecule has 0 heterocycles. The Bertz CT molecular complexity index is 242. The number of rotatable bonds is 8. The average molecular weight is 243 g/mol. The Morgan fingerprint density at radius 3 is 2.35 bits per heavy atom. The van der Waals surface area contributed by atoms with Crippen LogP contribution in [0.15, 0.2) is 0 Å². The van der Waals surface area contributed by atoms with Gasteiger partial charge in [-0.15, -0.1) is 0 Å². The Morgan fingerprint density at radius 2 is 1.82 bits per heavy atom. The normalized spacial score (nSPS) is 12.3. The maximum Gasteiger partial charge on any atom is 0.242 e. The molecule has 1 unspecified atom stereocenters. The van der Waals surface area contributed by atoms with E-state index in [-0.39, 0.29) is 18.4 Å². The van der Waals surface area contributed by atoms with Crippen molar-refractivity contribution in [3.05, 3.63) is 0 Å². The van der Waals surface area contributed by atoms with Crippen LogP contribution in [-0.2, 0) is 9.59 Å². The van der Waals surface area contributed by atoms with Crippen molar-refractivity contribution in [1.29, 1.82) is 0 Å². The van der Waals surface area contributed by atoms with Gasteiger partial charge in [0.15, 0.2) is 0 Å². The molecule has 0 rings (SSSR count). The van der Waals surface area contributed by atoms with Crippen molar-refractivity contribution in [2.45, 2.75) is 40.2 Å². The summed E-state index contributed by atoms with van der Waals surface area (Å²) in [4.78, 5) is 23.0. The summed E-state index contributed by atoms with van der Waals surface area (Å²) < 4.78 is 0. The lowest BCUT2D eigenvalue weighted by Gasteiger charge is -2.15. The zero-order chi connectivity index (χ0) is 13.3. The molecule has 0 aliphatic carbocycles. The van der Waals surface area contributed by atoms with Crippen LogP contribution in [0.3, 0.4) is 0 Å². The minimum atomic E-state index is -0.482. The van der Waals surface area contributed by atoms with Gasteiger partial charge in [0.1, 0.15) is 6.04 Å². The van der Waals surface area contributed by atoms with E-state index in [0.717, 1.165) is 13.0 Å². The van der Waals surface area contributed by atoms with Crippen LogP contribution in [0.2, 0.25) is 0 Å². The van der Waals surface area contributed by atoms with E-state index >= 15 is 0 Å². The van der Waals surface area contributed by atoms with Crippen molar-refractivity contribution in [3.8, 4) is 0 Å². The molecule has 3 N–H and O–H groups in total. The van der Waals surface area contributed by atoms with Gasteiger partial charge in [-0.05, 0) is 25.8 Å². The van der Waals surface area contributed by atoms with E-state index in [9.17, 15) is 9.59 Å². The smallest absolute Gasteiger partial charge is 0.242 e. The molecule has 0 aromatic carbocycles. The Kier molecular flexibility index (Phi) is 8.40. The van der Waals surface area contributed by atoms with E-state index in [1.54, 1.807) is 6.92 Å². The van der Waals surface area contributed by atoms with Crippen molar-refractivity contribution >= 4 is 11.8 Å². The summed E-state index contributed by atoms with van der Waals surface area (Å²) in [5.41, 5.74) is 0. The maximum atomic E-state index is 11.6. The Morgan fingerprint density at radius 1 is 1.18 bits per heavy atom. The molecule has 17 heavy (non-hydrogen) atoms. The zero-order valence-electron chi connectivity index (χ0n) is 11.3. The lowest BCUT2D eigenvalue weighted by Crippen LogP contribution is -2.48. The summed E-state index contributed by atoms with van der Waals surface area (Å²) in [6.45, 7) is 9.47. The molecule has 2 amide bonds. The third-order valence-corrected chi connectivity index (χ3v) is 2.17.